The second-order valence-electron chi connectivity index (χ2n) is 4.68. The number of likely N-dealkylation sites (tertiary alicyclic amines) is 1. The van der Waals surface area contributed by atoms with Crippen LogP contribution in [0, 0.1) is 11.6 Å². The van der Waals surface area contributed by atoms with Gasteiger partial charge in [-0.05, 0) is 31.0 Å². The molecule has 0 unspecified atom stereocenters. The van der Waals surface area contributed by atoms with Gasteiger partial charge in [-0.2, -0.15) is 0 Å². The largest absolute Gasteiger partial charge is 0.381 e. The molecule has 1 aliphatic rings. The number of rotatable bonds is 4. The van der Waals surface area contributed by atoms with Crippen molar-refractivity contribution >= 4 is 17.7 Å². The summed E-state index contributed by atoms with van der Waals surface area (Å²) >= 11 is 1.22. The lowest BCUT2D eigenvalue weighted by atomic mass is 10.1. The van der Waals surface area contributed by atoms with E-state index in [-0.39, 0.29) is 17.8 Å². The molecule has 0 radical (unpaired) electrons. The second-order valence-corrected chi connectivity index (χ2v) is 5.73. The van der Waals surface area contributed by atoms with Crippen LogP contribution in [0.1, 0.15) is 12.8 Å². The van der Waals surface area contributed by atoms with Crippen molar-refractivity contribution in [1.82, 2.24) is 4.90 Å². The molecule has 1 aliphatic heterocycles. The minimum Gasteiger partial charge on any atom is -0.381 e. The Kier molecular flexibility index (Phi) is 5.37. The fourth-order valence-electron chi connectivity index (χ4n) is 2.14. The lowest BCUT2D eigenvalue weighted by Gasteiger charge is -2.31. The first-order valence-electron chi connectivity index (χ1n) is 6.48. The number of carbonyl (C=O) groups excluding carboxylic acids is 1. The number of thioether (sulfide) groups is 1. The minimum atomic E-state index is -0.886. The second kappa shape index (κ2) is 7.04. The molecule has 1 amide bonds. The number of halogens is 2. The summed E-state index contributed by atoms with van der Waals surface area (Å²) in [5.74, 6) is -1.50. The Morgan fingerprint density at radius 3 is 2.65 bits per heavy atom. The van der Waals surface area contributed by atoms with Crippen molar-refractivity contribution in [2.75, 3.05) is 26.0 Å². The van der Waals surface area contributed by atoms with Crippen LogP contribution in [0.2, 0.25) is 0 Å². The zero-order valence-electron chi connectivity index (χ0n) is 11.3. The molecule has 1 heterocycles. The zero-order valence-corrected chi connectivity index (χ0v) is 12.1. The summed E-state index contributed by atoms with van der Waals surface area (Å²) in [6.07, 6.45) is 1.92. The first-order valence-corrected chi connectivity index (χ1v) is 7.47. The number of methoxy groups -OCH3 is 1. The Bertz CT molecular complexity index is 476. The lowest BCUT2D eigenvalue weighted by Crippen LogP contribution is -2.41. The lowest BCUT2D eigenvalue weighted by molar-refractivity contribution is -0.130. The SMILES string of the molecule is COC1CCN(C(=O)CSc2ccc(F)c(F)c2)CC1. The molecular formula is C14H17F2NO2S. The molecule has 0 spiro atoms. The smallest absolute Gasteiger partial charge is 0.232 e. The Balaban J connectivity index is 1.81. The van der Waals surface area contributed by atoms with Crippen molar-refractivity contribution in [3.05, 3.63) is 29.8 Å². The summed E-state index contributed by atoms with van der Waals surface area (Å²) in [7, 11) is 1.68. The van der Waals surface area contributed by atoms with Gasteiger partial charge in [0.05, 0.1) is 11.9 Å². The number of amides is 1. The highest BCUT2D eigenvalue weighted by atomic mass is 32.2. The van der Waals surface area contributed by atoms with E-state index in [1.165, 1.54) is 17.8 Å². The molecule has 3 nitrogen and oxygen atoms in total. The summed E-state index contributed by atoms with van der Waals surface area (Å²) in [4.78, 5) is 14.4. The third-order valence-electron chi connectivity index (χ3n) is 3.38. The van der Waals surface area contributed by atoms with E-state index in [1.54, 1.807) is 12.0 Å². The number of piperidine rings is 1. The van der Waals surface area contributed by atoms with Gasteiger partial charge in [-0.3, -0.25) is 4.79 Å². The van der Waals surface area contributed by atoms with Gasteiger partial charge in [0.15, 0.2) is 11.6 Å². The highest BCUT2D eigenvalue weighted by Crippen LogP contribution is 2.22. The number of carbonyl (C=O) groups is 1. The Labute approximate surface area is 121 Å². The standard InChI is InChI=1S/C14H17F2NO2S/c1-19-10-4-6-17(7-5-10)14(18)9-20-11-2-3-12(15)13(16)8-11/h2-3,8,10H,4-7,9H2,1H3. The third kappa shape index (κ3) is 3.93. The van der Waals surface area contributed by atoms with Crippen LogP contribution in [0.3, 0.4) is 0 Å². The van der Waals surface area contributed by atoms with Gasteiger partial charge in [0.2, 0.25) is 5.91 Å². The molecule has 2 rings (SSSR count). The van der Waals surface area contributed by atoms with Crippen molar-refractivity contribution in [3.8, 4) is 0 Å². The van der Waals surface area contributed by atoms with Gasteiger partial charge in [0, 0.05) is 25.1 Å². The van der Waals surface area contributed by atoms with E-state index in [9.17, 15) is 13.6 Å². The third-order valence-corrected chi connectivity index (χ3v) is 4.36. The van der Waals surface area contributed by atoms with Crippen LogP contribution in [-0.2, 0) is 9.53 Å². The van der Waals surface area contributed by atoms with Crippen LogP contribution in [0.15, 0.2) is 23.1 Å². The minimum absolute atomic E-state index is 0.0225. The number of hydrogen-bond donors (Lipinski definition) is 0. The van der Waals surface area contributed by atoms with E-state index < -0.39 is 11.6 Å². The quantitative estimate of drug-likeness (QED) is 0.801. The van der Waals surface area contributed by atoms with Crippen LogP contribution in [0.25, 0.3) is 0 Å². The Hall–Kier alpha value is -1.14. The molecule has 1 saturated heterocycles. The Morgan fingerprint density at radius 2 is 2.05 bits per heavy atom. The molecule has 1 fully saturated rings. The van der Waals surface area contributed by atoms with Crippen molar-refractivity contribution in [3.63, 3.8) is 0 Å². The fourth-order valence-corrected chi connectivity index (χ4v) is 2.97. The fraction of sp³-hybridized carbons (Fsp3) is 0.500. The number of hydrogen-bond acceptors (Lipinski definition) is 3. The topological polar surface area (TPSA) is 29.5 Å². The van der Waals surface area contributed by atoms with Crippen LogP contribution in [0.4, 0.5) is 8.78 Å². The highest BCUT2D eigenvalue weighted by Gasteiger charge is 2.22. The maximum absolute atomic E-state index is 13.0. The number of benzene rings is 1. The summed E-state index contributed by atoms with van der Waals surface area (Å²) < 4.78 is 31.1. The van der Waals surface area contributed by atoms with E-state index in [0.717, 1.165) is 25.0 Å². The van der Waals surface area contributed by atoms with Crippen LogP contribution in [-0.4, -0.2) is 42.9 Å². The van der Waals surface area contributed by atoms with Gasteiger partial charge in [-0.25, -0.2) is 8.78 Å². The maximum Gasteiger partial charge on any atom is 0.232 e. The highest BCUT2D eigenvalue weighted by molar-refractivity contribution is 8.00. The van der Waals surface area contributed by atoms with Gasteiger partial charge < -0.3 is 9.64 Å². The monoisotopic (exact) mass is 301 g/mol. The van der Waals surface area contributed by atoms with E-state index >= 15 is 0 Å². The van der Waals surface area contributed by atoms with Crippen LogP contribution >= 0.6 is 11.8 Å². The number of ether oxygens (including phenoxy) is 1. The Morgan fingerprint density at radius 1 is 1.35 bits per heavy atom. The van der Waals surface area contributed by atoms with Gasteiger partial charge in [0.1, 0.15) is 0 Å². The van der Waals surface area contributed by atoms with Crippen molar-refractivity contribution in [1.29, 1.82) is 0 Å². The predicted octanol–water partition coefficient (Wildman–Crippen LogP) is 2.69. The molecule has 0 aliphatic carbocycles. The first-order chi connectivity index (χ1) is 9.60. The predicted molar refractivity (Wildman–Crippen MR) is 73.7 cm³/mol. The molecule has 0 saturated carbocycles. The molecule has 0 atom stereocenters. The van der Waals surface area contributed by atoms with Gasteiger partial charge >= 0.3 is 0 Å². The van der Waals surface area contributed by atoms with E-state index in [0.29, 0.717) is 18.0 Å². The van der Waals surface area contributed by atoms with Gasteiger partial charge in [-0.15, -0.1) is 11.8 Å². The van der Waals surface area contributed by atoms with Gasteiger partial charge in [0.25, 0.3) is 0 Å². The average Bonchev–Trinajstić information content (AvgIpc) is 2.48. The normalized spacial score (nSPS) is 16.4. The van der Waals surface area contributed by atoms with E-state index in [4.69, 9.17) is 4.74 Å². The summed E-state index contributed by atoms with van der Waals surface area (Å²) in [5, 5.41) is 0. The van der Waals surface area contributed by atoms with Gasteiger partial charge in [-0.1, -0.05) is 0 Å². The summed E-state index contributed by atoms with van der Waals surface area (Å²) in [6, 6.07) is 3.67. The maximum atomic E-state index is 13.0. The molecule has 20 heavy (non-hydrogen) atoms. The molecule has 6 heteroatoms. The number of nitrogens with zero attached hydrogens (tertiary/aromatic N) is 1. The average molecular weight is 301 g/mol. The molecule has 1 aromatic carbocycles. The van der Waals surface area contributed by atoms with Crippen LogP contribution < -0.4 is 0 Å². The van der Waals surface area contributed by atoms with Crippen molar-refractivity contribution in [2.24, 2.45) is 0 Å². The molecular weight excluding hydrogens is 284 g/mol. The van der Waals surface area contributed by atoms with Crippen molar-refractivity contribution < 1.29 is 18.3 Å². The molecule has 0 bridgehead atoms. The summed E-state index contributed by atoms with van der Waals surface area (Å²) in [6.45, 7) is 1.38. The molecule has 0 N–H and O–H groups in total. The van der Waals surface area contributed by atoms with Crippen molar-refractivity contribution in [2.45, 2.75) is 23.8 Å². The first kappa shape index (κ1) is 15.3. The molecule has 1 aromatic rings. The summed E-state index contributed by atoms with van der Waals surface area (Å²) in [5.41, 5.74) is 0. The molecule has 0 aromatic heterocycles. The van der Waals surface area contributed by atoms with Crippen LogP contribution in [0.5, 0.6) is 0 Å². The zero-order chi connectivity index (χ0) is 14.5. The molecule has 110 valence electrons. The van der Waals surface area contributed by atoms with E-state index in [1.807, 2.05) is 0 Å². The van der Waals surface area contributed by atoms with E-state index in [2.05, 4.69) is 0 Å².